The molecule has 1 fully saturated rings. The summed E-state index contributed by atoms with van der Waals surface area (Å²) in [5, 5.41) is 1.22. The standard InChI is InChI=1S/C37H40N2O4S2/c1-27-22-29(10-11-31(27)25-38-45(2,40)41)23-35-34-17-16-33(43-26-28-8-4-3-5-9-28)24-36(34)44-37(35)30-12-14-32(15-13-30)42-21-20-39-18-6-7-19-39/h3-5,8-17,22,24,38H,6-7,18-21,23,25-26H2,1-2H3. The molecule has 2 heterocycles. The van der Waals surface area contributed by atoms with E-state index in [0.717, 1.165) is 46.7 Å². The number of rotatable bonds is 13. The Balaban J connectivity index is 1.26. The summed E-state index contributed by atoms with van der Waals surface area (Å²) in [6.07, 6.45) is 4.52. The lowest BCUT2D eigenvalue weighted by Gasteiger charge is -2.15. The number of sulfonamides is 1. The minimum Gasteiger partial charge on any atom is -0.492 e. The van der Waals surface area contributed by atoms with Crippen molar-refractivity contribution in [3.63, 3.8) is 0 Å². The molecular weight excluding hydrogens is 601 g/mol. The maximum atomic E-state index is 11.6. The summed E-state index contributed by atoms with van der Waals surface area (Å²) < 4.78 is 39.3. The molecule has 6 nitrogen and oxygen atoms in total. The third kappa shape index (κ3) is 8.32. The molecule has 0 spiro atoms. The van der Waals surface area contributed by atoms with E-state index >= 15 is 0 Å². The molecule has 6 rings (SSSR count). The first kappa shape index (κ1) is 31.3. The van der Waals surface area contributed by atoms with Crippen LogP contribution in [0, 0.1) is 6.92 Å². The van der Waals surface area contributed by atoms with Crippen LogP contribution in [0.1, 0.15) is 40.7 Å². The van der Waals surface area contributed by atoms with E-state index in [2.05, 4.69) is 76.4 Å². The van der Waals surface area contributed by atoms with Gasteiger partial charge in [-0.15, -0.1) is 11.3 Å². The third-order valence-electron chi connectivity index (χ3n) is 8.32. The van der Waals surface area contributed by atoms with Gasteiger partial charge in [-0.05, 0) is 121 Å². The van der Waals surface area contributed by atoms with Crippen LogP contribution in [0.25, 0.3) is 20.5 Å². The summed E-state index contributed by atoms with van der Waals surface area (Å²) in [6.45, 7) is 6.87. The predicted octanol–water partition coefficient (Wildman–Crippen LogP) is 7.57. The van der Waals surface area contributed by atoms with Gasteiger partial charge in [0, 0.05) is 22.7 Å². The van der Waals surface area contributed by atoms with Crippen LogP contribution < -0.4 is 14.2 Å². The number of hydrogen-bond donors (Lipinski definition) is 1. The summed E-state index contributed by atoms with van der Waals surface area (Å²) in [6, 6.07) is 31.4. The van der Waals surface area contributed by atoms with Gasteiger partial charge >= 0.3 is 0 Å². The monoisotopic (exact) mass is 640 g/mol. The average molecular weight is 641 g/mol. The number of nitrogens with one attached hydrogen (secondary N) is 1. The van der Waals surface area contributed by atoms with Gasteiger partial charge in [0.05, 0.1) is 6.26 Å². The molecule has 0 bridgehead atoms. The summed E-state index contributed by atoms with van der Waals surface area (Å²) in [4.78, 5) is 3.70. The first-order valence-corrected chi connectivity index (χ1v) is 18.2. The van der Waals surface area contributed by atoms with Gasteiger partial charge in [-0.25, -0.2) is 13.1 Å². The first-order valence-electron chi connectivity index (χ1n) is 15.5. The van der Waals surface area contributed by atoms with Crippen LogP contribution in [0.4, 0.5) is 0 Å². The predicted molar refractivity (Wildman–Crippen MR) is 185 cm³/mol. The molecular formula is C37H40N2O4S2. The van der Waals surface area contributed by atoms with Crippen molar-refractivity contribution in [2.45, 2.75) is 39.3 Å². The Labute approximate surface area is 270 Å². The zero-order chi connectivity index (χ0) is 31.2. The Hall–Kier alpha value is -3.69. The van der Waals surface area contributed by atoms with E-state index in [1.807, 2.05) is 31.2 Å². The lowest BCUT2D eigenvalue weighted by atomic mass is 9.96. The van der Waals surface area contributed by atoms with Crippen molar-refractivity contribution in [1.82, 2.24) is 9.62 Å². The van der Waals surface area contributed by atoms with Crippen molar-refractivity contribution in [2.75, 3.05) is 32.5 Å². The number of aryl methyl sites for hydroxylation is 1. The van der Waals surface area contributed by atoms with Gasteiger partial charge in [-0.2, -0.15) is 0 Å². The quantitative estimate of drug-likeness (QED) is 0.144. The molecule has 0 amide bonds. The number of benzene rings is 4. The van der Waals surface area contributed by atoms with Gasteiger partial charge < -0.3 is 9.47 Å². The van der Waals surface area contributed by atoms with E-state index in [-0.39, 0.29) is 6.54 Å². The number of hydrogen-bond acceptors (Lipinski definition) is 6. The van der Waals surface area contributed by atoms with E-state index in [9.17, 15) is 8.42 Å². The Bertz CT molecular complexity index is 1850. The van der Waals surface area contributed by atoms with E-state index in [0.29, 0.717) is 13.2 Å². The Morgan fingerprint density at radius 3 is 2.33 bits per heavy atom. The van der Waals surface area contributed by atoms with Crippen molar-refractivity contribution in [3.8, 4) is 21.9 Å². The van der Waals surface area contributed by atoms with Crippen LogP contribution in [0.3, 0.4) is 0 Å². The lowest BCUT2D eigenvalue weighted by Crippen LogP contribution is -2.25. The maximum Gasteiger partial charge on any atom is 0.209 e. The number of ether oxygens (including phenoxy) is 2. The molecule has 234 valence electrons. The number of likely N-dealkylation sites (tertiary alicyclic amines) is 1. The topological polar surface area (TPSA) is 67.9 Å². The highest BCUT2D eigenvalue weighted by molar-refractivity contribution is 7.88. The van der Waals surface area contributed by atoms with Crippen LogP contribution in [-0.2, 0) is 29.6 Å². The number of fused-ring (bicyclic) bond motifs is 1. The van der Waals surface area contributed by atoms with Crippen molar-refractivity contribution in [2.24, 2.45) is 0 Å². The Morgan fingerprint density at radius 2 is 1.60 bits per heavy atom. The van der Waals surface area contributed by atoms with E-state index in [1.54, 1.807) is 11.3 Å². The summed E-state index contributed by atoms with van der Waals surface area (Å²) in [7, 11) is -3.26. The second kappa shape index (κ2) is 14.2. The smallest absolute Gasteiger partial charge is 0.209 e. The molecule has 0 aliphatic carbocycles. The van der Waals surface area contributed by atoms with E-state index in [1.165, 1.54) is 58.3 Å². The molecule has 1 aliphatic rings. The van der Waals surface area contributed by atoms with Gasteiger partial charge in [-0.3, -0.25) is 4.90 Å². The van der Waals surface area contributed by atoms with E-state index < -0.39 is 10.0 Å². The highest BCUT2D eigenvalue weighted by Gasteiger charge is 2.17. The van der Waals surface area contributed by atoms with E-state index in [4.69, 9.17) is 9.47 Å². The van der Waals surface area contributed by atoms with Crippen molar-refractivity contribution >= 4 is 31.4 Å². The van der Waals surface area contributed by atoms with Crippen molar-refractivity contribution in [1.29, 1.82) is 0 Å². The Kier molecular flexibility index (Phi) is 9.85. The lowest BCUT2D eigenvalue weighted by molar-refractivity contribution is 0.238. The van der Waals surface area contributed by atoms with Crippen molar-refractivity contribution < 1.29 is 17.9 Å². The second-order valence-electron chi connectivity index (χ2n) is 11.8. The number of nitrogens with zero attached hydrogens (tertiary/aromatic N) is 1. The normalized spacial score (nSPS) is 13.8. The second-order valence-corrected chi connectivity index (χ2v) is 14.7. The van der Waals surface area contributed by atoms with Crippen LogP contribution in [-0.4, -0.2) is 45.8 Å². The first-order chi connectivity index (χ1) is 21.8. The minimum absolute atomic E-state index is 0.287. The molecule has 1 N–H and O–H groups in total. The van der Waals surface area contributed by atoms with Gasteiger partial charge in [0.2, 0.25) is 10.0 Å². The minimum atomic E-state index is -3.26. The summed E-state index contributed by atoms with van der Waals surface area (Å²) >= 11 is 1.79. The molecule has 4 aromatic carbocycles. The van der Waals surface area contributed by atoms with Gasteiger partial charge in [0.25, 0.3) is 0 Å². The average Bonchev–Trinajstić information content (AvgIpc) is 3.68. The van der Waals surface area contributed by atoms with Gasteiger partial charge in [0.1, 0.15) is 24.7 Å². The highest BCUT2D eigenvalue weighted by Crippen LogP contribution is 2.42. The largest absolute Gasteiger partial charge is 0.492 e. The third-order valence-corrected chi connectivity index (χ3v) is 10.2. The number of thiophene rings is 1. The fourth-order valence-electron chi connectivity index (χ4n) is 5.85. The zero-order valence-corrected chi connectivity index (χ0v) is 27.6. The molecule has 0 radical (unpaired) electrons. The molecule has 5 aromatic rings. The van der Waals surface area contributed by atoms with Crippen LogP contribution in [0.15, 0.2) is 91.0 Å². The molecule has 0 saturated carbocycles. The molecule has 1 aliphatic heterocycles. The van der Waals surface area contributed by atoms with Gasteiger partial charge in [-0.1, -0.05) is 48.5 Å². The van der Waals surface area contributed by atoms with Crippen molar-refractivity contribution in [3.05, 3.63) is 119 Å². The highest BCUT2D eigenvalue weighted by atomic mass is 32.2. The summed E-state index contributed by atoms with van der Waals surface area (Å²) in [5.74, 6) is 1.75. The Morgan fingerprint density at radius 1 is 0.844 bits per heavy atom. The fourth-order valence-corrected chi connectivity index (χ4v) is 7.52. The maximum absolute atomic E-state index is 11.6. The molecule has 0 atom stereocenters. The molecule has 1 aromatic heterocycles. The van der Waals surface area contributed by atoms with Crippen LogP contribution in [0.2, 0.25) is 0 Å². The zero-order valence-electron chi connectivity index (χ0n) is 25.9. The molecule has 45 heavy (non-hydrogen) atoms. The SMILES string of the molecule is Cc1cc(Cc2c(-c3ccc(OCCN4CCCC4)cc3)sc3cc(OCc4ccccc4)ccc23)ccc1CNS(C)(=O)=O. The fraction of sp³-hybridized carbons (Fsp3) is 0.297. The molecule has 8 heteroatoms. The molecule has 0 unspecified atom stereocenters. The molecule has 1 saturated heterocycles. The van der Waals surface area contributed by atoms with Gasteiger partial charge in [0.15, 0.2) is 0 Å². The van der Waals surface area contributed by atoms with Crippen LogP contribution >= 0.6 is 11.3 Å². The summed E-state index contributed by atoms with van der Waals surface area (Å²) in [5.41, 5.74) is 6.79. The van der Waals surface area contributed by atoms with Crippen LogP contribution in [0.5, 0.6) is 11.5 Å².